The summed E-state index contributed by atoms with van der Waals surface area (Å²) < 4.78 is 17.6. The van der Waals surface area contributed by atoms with Crippen LogP contribution >= 0.6 is 0 Å². The zero-order valence-corrected chi connectivity index (χ0v) is 10.5. The highest BCUT2D eigenvalue weighted by atomic mass is 32.2. The molecule has 1 aliphatic heterocycles. The molecule has 3 heteroatoms. The summed E-state index contributed by atoms with van der Waals surface area (Å²) in [5.74, 6) is 3.78. The highest BCUT2D eigenvalue weighted by Crippen LogP contribution is 2.31. The van der Waals surface area contributed by atoms with Crippen LogP contribution in [0, 0.1) is 5.41 Å². The Bertz CT molecular complexity index is 285. The Kier molecular flexibility index (Phi) is 3.32. The molecule has 0 radical (unpaired) electrons. The maximum atomic E-state index is 11.8. The summed E-state index contributed by atoms with van der Waals surface area (Å²) in [6.45, 7) is 7.23. The summed E-state index contributed by atoms with van der Waals surface area (Å²) in [4.78, 5) is 0. The normalized spacial score (nSPS) is 33.7. The maximum absolute atomic E-state index is 11.8. The molecule has 1 heterocycles. The van der Waals surface area contributed by atoms with Gasteiger partial charge < -0.3 is 4.74 Å². The lowest BCUT2D eigenvalue weighted by Gasteiger charge is -2.38. The van der Waals surface area contributed by atoms with Crippen LogP contribution in [0.5, 0.6) is 0 Å². The molecule has 0 aromatic heterocycles. The van der Waals surface area contributed by atoms with Crippen LogP contribution in [0.1, 0.15) is 33.6 Å². The molecule has 3 unspecified atom stereocenters. The first-order chi connectivity index (χ1) is 6.21. The Morgan fingerprint density at radius 3 is 2.43 bits per heavy atom. The van der Waals surface area contributed by atoms with Crippen molar-refractivity contribution in [1.82, 2.24) is 0 Å². The summed E-state index contributed by atoms with van der Waals surface area (Å²) in [5, 5.41) is 0.237. The van der Waals surface area contributed by atoms with Crippen molar-refractivity contribution < 1.29 is 8.95 Å². The molecule has 0 aliphatic carbocycles. The zero-order chi connectivity index (χ0) is 11.0. The summed E-state index contributed by atoms with van der Waals surface area (Å²) in [5.41, 5.74) is 0.142. The number of hydrogen-bond acceptors (Lipinski definition) is 2. The minimum Gasteiger partial charge on any atom is -0.378 e. The van der Waals surface area contributed by atoms with E-state index >= 15 is 0 Å². The molecule has 0 saturated carbocycles. The lowest BCUT2D eigenvalue weighted by molar-refractivity contribution is -0.0455. The Labute approximate surface area is 88.0 Å². The van der Waals surface area contributed by atoms with Crippen molar-refractivity contribution in [2.45, 2.75) is 45.0 Å². The third kappa shape index (κ3) is 2.99. The molecule has 84 valence electrons. The first kappa shape index (κ1) is 12.1. The molecule has 0 bridgehead atoms. The highest BCUT2D eigenvalue weighted by Gasteiger charge is 2.33. The fourth-order valence-corrected chi connectivity index (χ4v) is 3.00. The first-order valence-electron chi connectivity index (χ1n) is 5.14. The molecule has 0 amide bonds. The number of ether oxygens (including phenoxy) is 1. The second-order valence-corrected chi connectivity index (χ2v) is 8.25. The molecule has 14 heavy (non-hydrogen) atoms. The molecular formula is C11H22O2S. The van der Waals surface area contributed by atoms with Crippen LogP contribution < -0.4 is 0 Å². The van der Waals surface area contributed by atoms with Gasteiger partial charge in [0, 0.05) is 18.1 Å². The predicted molar refractivity (Wildman–Crippen MR) is 63.4 cm³/mol. The second kappa shape index (κ2) is 3.86. The van der Waals surface area contributed by atoms with Crippen molar-refractivity contribution in [3.8, 4) is 0 Å². The van der Waals surface area contributed by atoms with E-state index in [1.54, 1.807) is 6.26 Å². The van der Waals surface area contributed by atoms with Crippen molar-refractivity contribution in [3.63, 3.8) is 0 Å². The van der Waals surface area contributed by atoms with E-state index < -0.39 is 9.52 Å². The number of hydrogen-bond donors (Lipinski definition) is 0. The van der Waals surface area contributed by atoms with E-state index in [0.29, 0.717) is 0 Å². The van der Waals surface area contributed by atoms with Crippen LogP contribution in [0.15, 0.2) is 0 Å². The van der Waals surface area contributed by atoms with Crippen LogP contribution in [-0.4, -0.2) is 34.3 Å². The van der Waals surface area contributed by atoms with Gasteiger partial charge >= 0.3 is 0 Å². The monoisotopic (exact) mass is 218 g/mol. The molecule has 3 atom stereocenters. The molecule has 2 nitrogen and oxygen atoms in total. The van der Waals surface area contributed by atoms with E-state index in [0.717, 1.165) is 19.4 Å². The fourth-order valence-electron chi connectivity index (χ4n) is 1.82. The smallest absolute Gasteiger partial charge is 0.0634 e. The average Bonchev–Trinajstić information content (AvgIpc) is 2.01. The van der Waals surface area contributed by atoms with E-state index in [2.05, 4.69) is 26.6 Å². The van der Waals surface area contributed by atoms with E-state index in [4.69, 9.17) is 4.74 Å². The molecule has 0 aromatic carbocycles. The van der Waals surface area contributed by atoms with Crippen LogP contribution in [0.3, 0.4) is 0 Å². The minimum atomic E-state index is -1.90. The van der Waals surface area contributed by atoms with Gasteiger partial charge in [0.05, 0.1) is 6.10 Å². The molecule has 0 aromatic rings. The third-order valence-electron chi connectivity index (χ3n) is 2.91. The molecule has 1 fully saturated rings. The van der Waals surface area contributed by atoms with Gasteiger partial charge in [-0.25, -0.2) is 0 Å². The van der Waals surface area contributed by atoms with Gasteiger partial charge in [-0.05, 0) is 33.6 Å². The molecular weight excluding hydrogens is 196 g/mol. The average molecular weight is 218 g/mol. The second-order valence-electron chi connectivity index (χ2n) is 5.44. The number of rotatable bonds is 1. The zero-order valence-electron chi connectivity index (χ0n) is 9.71. The summed E-state index contributed by atoms with van der Waals surface area (Å²) in [6.07, 6.45) is 3.78. The SMILES string of the molecule is C=S(C)(=O)C1CCOC(C(C)(C)C)C1. The molecule has 1 saturated heterocycles. The van der Waals surface area contributed by atoms with Crippen LogP contribution in [0.4, 0.5) is 0 Å². The van der Waals surface area contributed by atoms with Gasteiger partial charge in [0.15, 0.2) is 0 Å². The summed E-state index contributed by atoms with van der Waals surface area (Å²) >= 11 is 0. The van der Waals surface area contributed by atoms with Gasteiger partial charge in [0.25, 0.3) is 0 Å². The molecule has 1 aliphatic rings. The predicted octanol–water partition coefficient (Wildman–Crippen LogP) is 1.93. The van der Waals surface area contributed by atoms with Gasteiger partial charge in [0.2, 0.25) is 0 Å². The molecule has 0 N–H and O–H groups in total. The first-order valence-corrected chi connectivity index (χ1v) is 7.34. The van der Waals surface area contributed by atoms with Gasteiger partial charge in [-0.3, -0.25) is 4.21 Å². The maximum Gasteiger partial charge on any atom is 0.0634 e. The van der Waals surface area contributed by atoms with Crippen molar-refractivity contribution in [3.05, 3.63) is 0 Å². The van der Waals surface area contributed by atoms with E-state index in [9.17, 15) is 4.21 Å². The quantitative estimate of drug-likeness (QED) is 0.629. The summed E-state index contributed by atoms with van der Waals surface area (Å²) in [6, 6.07) is 0. The van der Waals surface area contributed by atoms with Crippen molar-refractivity contribution in [2.24, 2.45) is 5.41 Å². The molecule has 0 spiro atoms. The highest BCUT2D eigenvalue weighted by molar-refractivity contribution is 8.00. The van der Waals surface area contributed by atoms with Gasteiger partial charge in [-0.2, -0.15) is 0 Å². The van der Waals surface area contributed by atoms with Gasteiger partial charge in [-0.1, -0.05) is 20.8 Å². The van der Waals surface area contributed by atoms with Crippen molar-refractivity contribution in [1.29, 1.82) is 0 Å². The lowest BCUT2D eigenvalue weighted by Crippen LogP contribution is -2.40. The van der Waals surface area contributed by atoms with Gasteiger partial charge in [-0.15, -0.1) is 0 Å². The lowest BCUT2D eigenvalue weighted by atomic mass is 9.85. The van der Waals surface area contributed by atoms with Crippen molar-refractivity contribution in [2.75, 3.05) is 12.9 Å². The Balaban J connectivity index is 2.71. The summed E-state index contributed by atoms with van der Waals surface area (Å²) in [7, 11) is -1.90. The van der Waals surface area contributed by atoms with E-state index in [1.165, 1.54) is 0 Å². The fraction of sp³-hybridized carbons (Fsp3) is 0.909. The van der Waals surface area contributed by atoms with Crippen molar-refractivity contribution >= 4 is 15.4 Å². The Morgan fingerprint density at radius 2 is 2.00 bits per heavy atom. The molecule has 1 rings (SSSR count). The minimum absolute atomic E-state index is 0.142. The van der Waals surface area contributed by atoms with E-state index in [-0.39, 0.29) is 16.8 Å². The standard InChI is InChI=1S/C11H22O2S/c1-11(2,3)10-8-9(6-7-13-10)14(4,5)12/h9-10H,4,6-8H2,1-3,5H3. The van der Waals surface area contributed by atoms with Crippen LogP contribution in [0.25, 0.3) is 0 Å². The Morgan fingerprint density at radius 1 is 1.43 bits per heavy atom. The third-order valence-corrected chi connectivity index (χ3v) is 4.75. The van der Waals surface area contributed by atoms with Crippen LogP contribution in [0.2, 0.25) is 0 Å². The topological polar surface area (TPSA) is 26.3 Å². The van der Waals surface area contributed by atoms with E-state index in [1.807, 2.05) is 0 Å². The van der Waals surface area contributed by atoms with Crippen LogP contribution in [-0.2, 0) is 14.3 Å². The Hall–Kier alpha value is -0.0200. The largest absolute Gasteiger partial charge is 0.378 e. The van der Waals surface area contributed by atoms with Gasteiger partial charge in [0.1, 0.15) is 0 Å².